The van der Waals surface area contributed by atoms with Crippen molar-refractivity contribution < 1.29 is 19.4 Å². The van der Waals surface area contributed by atoms with Gasteiger partial charge >= 0.3 is 11.5 Å². The second-order valence-corrected chi connectivity index (χ2v) is 4.28. The Labute approximate surface area is 109 Å². The fourth-order valence-corrected chi connectivity index (χ4v) is 1.90. The molecule has 7 nitrogen and oxygen atoms in total. The van der Waals surface area contributed by atoms with E-state index in [0.29, 0.717) is 18.1 Å². The molecule has 0 radical (unpaired) electrons. The van der Waals surface area contributed by atoms with Crippen molar-refractivity contribution in [3.8, 4) is 5.75 Å². The molecule has 0 fully saturated rings. The Morgan fingerprint density at radius 3 is 2.95 bits per heavy atom. The predicted molar refractivity (Wildman–Crippen MR) is 66.1 cm³/mol. The maximum Gasteiger partial charge on any atom is 0.360 e. The molecule has 0 aliphatic carbocycles. The van der Waals surface area contributed by atoms with Crippen LogP contribution < -0.4 is 5.56 Å². The number of rotatable bonds is 1. The van der Waals surface area contributed by atoms with Crippen LogP contribution in [0.5, 0.6) is 5.75 Å². The van der Waals surface area contributed by atoms with E-state index in [4.69, 9.17) is 4.74 Å². The van der Waals surface area contributed by atoms with Crippen LogP contribution in [0, 0.1) is 0 Å². The van der Waals surface area contributed by atoms with Crippen LogP contribution in [0.3, 0.4) is 0 Å². The summed E-state index contributed by atoms with van der Waals surface area (Å²) in [7, 11) is 1.15. The number of aromatic hydroxyl groups is 1. The smallest absolute Gasteiger partial charge is 0.360 e. The first-order valence-corrected chi connectivity index (χ1v) is 5.67. The van der Waals surface area contributed by atoms with Gasteiger partial charge in [0.1, 0.15) is 5.82 Å². The van der Waals surface area contributed by atoms with Gasteiger partial charge in [0.15, 0.2) is 5.69 Å². The van der Waals surface area contributed by atoms with Gasteiger partial charge in [0.05, 0.1) is 20.3 Å². The molecule has 0 saturated heterocycles. The first-order valence-electron chi connectivity index (χ1n) is 5.67. The normalized spacial score (nSPS) is 18.6. The number of ether oxygens (including phenoxy) is 2. The largest absolute Gasteiger partial charge is 0.501 e. The molecule has 2 rings (SSSR count). The van der Waals surface area contributed by atoms with Gasteiger partial charge in [0, 0.05) is 11.6 Å². The van der Waals surface area contributed by atoms with Crippen LogP contribution in [0.15, 0.2) is 11.4 Å². The number of aromatic nitrogens is 2. The van der Waals surface area contributed by atoms with Crippen molar-refractivity contribution in [1.29, 1.82) is 0 Å². The Kier molecular flexibility index (Phi) is 3.39. The predicted octanol–water partition coefficient (Wildman–Crippen LogP) is 0.340. The number of carbonyl (C=O) groups is 1. The molecule has 0 bridgehead atoms. The Hall–Kier alpha value is -2.15. The maximum absolute atomic E-state index is 12.1. The van der Waals surface area contributed by atoms with Crippen molar-refractivity contribution in [2.75, 3.05) is 20.3 Å². The molecule has 1 aliphatic rings. The summed E-state index contributed by atoms with van der Waals surface area (Å²) in [5.74, 6) is -1.49. The molecular weight excluding hydrogens is 252 g/mol. The molecule has 0 amide bonds. The first kappa shape index (κ1) is 13.3. The molecule has 1 aliphatic heterocycles. The van der Waals surface area contributed by atoms with Crippen molar-refractivity contribution in [2.45, 2.75) is 12.8 Å². The van der Waals surface area contributed by atoms with Crippen molar-refractivity contribution >= 4 is 11.7 Å². The van der Waals surface area contributed by atoms with E-state index in [1.54, 1.807) is 6.92 Å². The first-order chi connectivity index (χ1) is 8.97. The Morgan fingerprint density at radius 2 is 2.32 bits per heavy atom. The fraction of sp³-hybridized carbons (Fsp3) is 0.417. The second kappa shape index (κ2) is 4.85. The van der Waals surface area contributed by atoms with Crippen LogP contribution in [0.4, 0.5) is 0 Å². The zero-order valence-corrected chi connectivity index (χ0v) is 10.7. The lowest BCUT2D eigenvalue weighted by molar-refractivity contribution is 0.0589. The highest BCUT2D eigenvalue weighted by atomic mass is 16.5. The van der Waals surface area contributed by atoms with E-state index in [-0.39, 0.29) is 18.2 Å². The summed E-state index contributed by atoms with van der Waals surface area (Å²) in [4.78, 5) is 27.6. The van der Waals surface area contributed by atoms with Gasteiger partial charge in [0.2, 0.25) is 5.75 Å². The Morgan fingerprint density at radius 1 is 1.63 bits per heavy atom. The van der Waals surface area contributed by atoms with E-state index in [2.05, 4.69) is 16.3 Å². The topological polar surface area (TPSA) is 90.7 Å². The SMILES string of the molecule is C=C1COCC(C)c2nc(C(=O)OC)c(O)c(=O)n21. The highest BCUT2D eigenvalue weighted by molar-refractivity contribution is 5.90. The zero-order chi connectivity index (χ0) is 14.2. The quantitative estimate of drug-likeness (QED) is 0.737. The number of hydrogen-bond acceptors (Lipinski definition) is 6. The zero-order valence-electron chi connectivity index (χ0n) is 10.7. The molecule has 7 heteroatoms. The molecular formula is C12H14N2O5. The van der Waals surface area contributed by atoms with E-state index in [1.165, 1.54) is 4.57 Å². The summed E-state index contributed by atoms with van der Waals surface area (Å²) in [6.07, 6.45) is 0. The fourth-order valence-electron chi connectivity index (χ4n) is 1.90. The molecule has 2 heterocycles. The van der Waals surface area contributed by atoms with Crippen LogP contribution in [0.2, 0.25) is 0 Å². The number of carbonyl (C=O) groups excluding carboxylic acids is 1. The van der Waals surface area contributed by atoms with Crippen molar-refractivity contribution in [1.82, 2.24) is 9.55 Å². The highest BCUT2D eigenvalue weighted by Gasteiger charge is 2.27. The molecule has 102 valence electrons. The molecule has 0 spiro atoms. The van der Waals surface area contributed by atoms with Crippen molar-refractivity contribution in [3.63, 3.8) is 0 Å². The minimum absolute atomic E-state index is 0.163. The molecule has 0 saturated carbocycles. The average molecular weight is 266 g/mol. The van der Waals surface area contributed by atoms with Gasteiger partial charge in [-0.05, 0) is 0 Å². The van der Waals surface area contributed by atoms with E-state index < -0.39 is 17.3 Å². The summed E-state index contributed by atoms with van der Waals surface area (Å²) in [6.45, 7) is 6.02. The van der Waals surface area contributed by atoms with E-state index in [1.807, 2.05) is 0 Å². The number of esters is 1. The number of methoxy groups -OCH3 is 1. The van der Waals surface area contributed by atoms with Gasteiger partial charge in [-0.2, -0.15) is 0 Å². The van der Waals surface area contributed by atoms with Crippen LogP contribution >= 0.6 is 0 Å². The van der Waals surface area contributed by atoms with Gasteiger partial charge in [-0.3, -0.25) is 9.36 Å². The minimum Gasteiger partial charge on any atom is -0.501 e. The average Bonchev–Trinajstić information content (AvgIpc) is 2.53. The van der Waals surface area contributed by atoms with Crippen LogP contribution in [-0.4, -0.2) is 41.0 Å². The lowest BCUT2D eigenvalue weighted by Crippen LogP contribution is -2.28. The third kappa shape index (κ3) is 2.12. The van der Waals surface area contributed by atoms with Gasteiger partial charge < -0.3 is 14.6 Å². The number of fused-ring (bicyclic) bond motifs is 1. The molecule has 19 heavy (non-hydrogen) atoms. The molecule has 0 aromatic carbocycles. The second-order valence-electron chi connectivity index (χ2n) is 4.28. The van der Waals surface area contributed by atoms with Gasteiger partial charge in [-0.25, -0.2) is 9.78 Å². The summed E-state index contributed by atoms with van der Waals surface area (Å²) < 4.78 is 11.0. The third-order valence-corrected chi connectivity index (χ3v) is 2.86. The van der Waals surface area contributed by atoms with E-state index in [0.717, 1.165) is 7.11 Å². The van der Waals surface area contributed by atoms with Gasteiger partial charge in [0.25, 0.3) is 0 Å². The highest BCUT2D eigenvalue weighted by Crippen LogP contribution is 2.22. The van der Waals surface area contributed by atoms with Crippen LogP contribution in [0.1, 0.15) is 29.2 Å². The lowest BCUT2D eigenvalue weighted by atomic mass is 10.1. The number of hydrogen-bond donors (Lipinski definition) is 1. The summed E-state index contributed by atoms with van der Waals surface area (Å²) >= 11 is 0. The minimum atomic E-state index is -0.860. The maximum atomic E-state index is 12.1. The Bertz CT molecular complexity index is 605. The molecule has 1 aromatic rings. The summed E-state index contributed by atoms with van der Waals surface area (Å²) in [5, 5.41) is 9.77. The molecule has 1 aromatic heterocycles. The van der Waals surface area contributed by atoms with Crippen LogP contribution in [0.25, 0.3) is 5.70 Å². The Balaban J connectivity index is 2.75. The monoisotopic (exact) mass is 266 g/mol. The van der Waals surface area contributed by atoms with Crippen molar-refractivity contribution in [2.24, 2.45) is 0 Å². The lowest BCUT2D eigenvalue weighted by Gasteiger charge is -2.14. The van der Waals surface area contributed by atoms with Gasteiger partial charge in [-0.15, -0.1) is 0 Å². The molecule has 1 N–H and O–H groups in total. The van der Waals surface area contributed by atoms with E-state index in [9.17, 15) is 14.7 Å². The summed E-state index contributed by atoms with van der Waals surface area (Å²) in [5.41, 5.74) is -0.767. The molecule has 1 unspecified atom stereocenters. The standard InChI is InChI=1S/C12H14N2O5/c1-6-4-19-5-7(2)14-10(6)13-8(12(17)18-3)9(15)11(14)16/h6,15H,2,4-5H2,1,3H3. The third-order valence-electron chi connectivity index (χ3n) is 2.86. The van der Waals surface area contributed by atoms with Crippen LogP contribution in [-0.2, 0) is 9.47 Å². The number of nitrogens with zero attached hydrogens (tertiary/aromatic N) is 2. The van der Waals surface area contributed by atoms with E-state index >= 15 is 0 Å². The van der Waals surface area contributed by atoms with Crippen molar-refractivity contribution in [3.05, 3.63) is 28.5 Å². The summed E-state index contributed by atoms with van der Waals surface area (Å²) in [6, 6.07) is 0. The van der Waals surface area contributed by atoms with Gasteiger partial charge in [-0.1, -0.05) is 13.5 Å². The molecule has 1 atom stereocenters.